The van der Waals surface area contributed by atoms with Crippen molar-refractivity contribution in [3.05, 3.63) is 60.2 Å². The molecule has 6 nitrogen and oxygen atoms in total. The Morgan fingerprint density at radius 1 is 1.06 bits per heavy atom. The zero-order chi connectivity index (χ0) is 21.8. The molecule has 1 N–H and O–H groups in total. The smallest absolute Gasteiger partial charge is 0.242 e. The highest BCUT2D eigenvalue weighted by molar-refractivity contribution is 8.15. The number of carbonyl (C=O) groups excluding carboxylic acids is 3. The van der Waals surface area contributed by atoms with E-state index >= 15 is 0 Å². The van der Waals surface area contributed by atoms with E-state index in [2.05, 4.69) is 5.32 Å². The van der Waals surface area contributed by atoms with Crippen molar-refractivity contribution in [2.45, 2.75) is 50.3 Å². The van der Waals surface area contributed by atoms with Crippen molar-refractivity contribution < 1.29 is 14.4 Å². The molecule has 2 aliphatic rings. The van der Waals surface area contributed by atoms with Gasteiger partial charge >= 0.3 is 0 Å². The molecule has 160 valence electrons. The first-order valence-corrected chi connectivity index (χ1v) is 11.4. The summed E-state index contributed by atoms with van der Waals surface area (Å²) in [4.78, 5) is 43.8. The van der Waals surface area contributed by atoms with Gasteiger partial charge in [-0.2, -0.15) is 0 Å². The summed E-state index contributed by atoms with van der Waals surface area (Å²) in [6.45, 7) is 1.50. The Balaban J connectivity index is 1.47. The maximum absolute atomic E-state index is 13.2. The van der Waals surface area contributed by atoms with Gasteiger partial charge in [0.1, 0.15) is 5.25 Å². The van der Waals surface area contributed by atoms with Gasteiger partial charge in [0.25, 0.3) is 0 Å². The molecule has 2 aromatic rings. The number of Topliss-reactive ketones (excluding diaryl/α,β-unsaturated/α-hetero) is 1. The Bertz CT molecular complexity index is 998. The van der Waals surface area contributed by atoms with Gasteiger partial charge < -0.3 is 5.32 Å². The second-order valence-corrected chi connectivity index (χ2v) is 9.04. The molecular formula is C24H25N3O3S. The molecule has 0 aromatic heterocycles. The van der Waals surface area contributed by atoms with Gasteiger partial charge in [-0.05, 0) is 56.2 Å². The van der Waals surface area contributed by atoms with Gasteiger partial charge in [-0.25, -0.2) is 4.99 Å². The third-order valence-corrected chi connectivity index (χ3v) is 6.73. The van der Waals surface area contributed by atoms with Crippen LogP contribution in [0.5, 0.6) is 0 Å². The highest BCUT2D eigenvalue weighted by Gasteiger charge is 2.43. The molecule has 2 amide bonds. The number of benzene rings is 2. The number of thioether (sulfide) groups is 1. The molecule has 1 saturated heterocycles. The second-order valence-electron chi connectivity index (χ2n) is 7.87. The SMILES string of the molecule is CC(=O)c1ccc(NC(=O)CC2SC(=Nc3ccccc3)N(C3CCCC3)C2=O)cc1. The number of amidine groups is 1. The summed E-state index contributed by atoms with van der Waals surface area (Å²) >= 11 is 1.37. The Morgan fingerprint density at radius 2 is 1.74 bits per heavy atom. The van der Waals surface area contributed by atoms with E-state index in [9.17, 15) is 14.4 Å². The lowest BCUT2D eigenvalue weighted by molar-refractivity contribution is -0.129. The molecule has 1 unspecified atom stereocenters. The third kappa shape index (κ3) is 5.05. The second kappa shape index (κ2) is 9.47. The van der Waals surface area contributed by atoms with Crippen molar-refractivity contribution >= 4 is 45.9 Å². The largest absolute Gasteiger partial charge is 0.326 e. The van der Waals surface area contributed by atoms with Crippen LogP contribution in [0.1, 0.15) is 49.4 Å². The van der Waals surface area contributed by atoms with E-state index in [1.165, 1.54) is 18.7 Å². The number of aliphatic imine (C=N–C) groups is 1. The maximum atomic E-state index is 13.2. The normalized spacial score (nSPS) is 20.4. The minimum absolute atomic E-state index is 0.0249. The van der Waals surface area contributed by atoms with Gasteiger partial charge in [-0.3, -0.25) is 19.3 Å². The average Bonchev–Trinajstić information content (AvgIpc) is 3.37. The van der Waals surface area contributed by atoms with Crippen LogP contribution in [0, 0.1) is 0 Å². The lowest BCUT2D eigenvalue weighted by Gasteiger charge is -2.23. The lowest BCUT2D eigenvalue weighted by atomic mass is 10.1. The van der Waals surface area contributed by atoms with Crippen LogP contribution in [0.25, 0.3) is 0 Å². The Morgan fingerprint density at radius 3 is 2.39 bits per heavy atom. The molecule has 31 heavy (non-hydrogen) atoms. The van der Waals surface area contributed by atoms with Crippen LogP contribution in [0.3, 0.4) is 0 Å². The Labute approximate surface area is 186 Å². The number of hydrogen-bond acceptors (Lipinski definition) is 5. The summed E-state index contributed by atoms with van der Waals surface area (Å²) in [5.74, 6) is -0.287. The third-order valence-electron chi connectivity index (χ3n) is 5.58. The molecule has 0 radical (unpaired) electrons. The van der Waals surface area contributed by atoms with Crippen LogP contribution >= 0.6 is 11.8 Å². The standard InChI is InChI=1S/C24H25N3O3S/c1-16(28)17-11-13-19(14-12-17)25-22(29)15-21-23(30)27(20-9-5-6-10-20)24(31-21)26-18-7-3-2-4-8-18/h2-4,7-8,11-14,20-21H,5-6,9-10,15H2,1H3,(H,25,29). The van der Waals surface area contributed by atoms with E-state index in [1.54, 1.807) is 24.3 Å². The molecule has 7 heteroatoms. The number of hydrogen-bond donors (Lipinski definition) is 1. The van der Waals surface area contributed by atoms with Crippen molar-refractivity contribution in [2.75, 3.05) is 5.32 Å². The fraction of sp³-hybridized carbons (Fsp3) is 0.333. The molecule has 2 fully saturated rings. The summed E-state index contributed by atoms with van der Waals surface area (Å²) in [7, 11) is 0. The quantitative estimate of drug-likeness (QED) is 0.662. The van der Waals surface area contributed by atoms with Gasteiger partial charge in [0.2, 0.25) is 11.8 Å². The number of ketones is 1. The molecule has 0 bridgehead atoms. The number of nitrogens with one attached hydrogen (secondary N) is 1. The van der Waals surface area contributed by atoms with Crippen molar-refractivity contribution in [3.63, 3.8) is 0 Å². The van der Waals surface area contributed by atoms with Crippen LogP contribution in [-0.4, -0.2) is 39.0 Å². The molecule has 1 atom stereocenters. The number of anilines is 1. The first kappa shape index (κ1) is 21.3. The fourth-order valence-electron chi connectivity index (χ4n) is 3.97. The van der Waals surface area contributed by atoms with E-state index in [4.69, 9.17) is 4.99 Å². The van der Waals surface area contributed by atoms with Crippen LogP contribution in [-0.2, 0) is 9.59 Å². The highest BCUT2D eigenvalue weighted by atomic mass is 32.2. The van der Waals surface area contributed by atoms with Crippen molar-refractivity contribution in [2.24, 2.45) is 4.99 Å². The molecular weight excluding hydrogens is 410 g/mol. The van der Waals surface area contributed by atoms with Crippen LogP contribution in [0.15, 0.2) is 59.6 Å². The summed E-state index contributed by atoms with van der Waals surface area (Å²) < 4.78 is 0. The summed E-state index contributed by atoms with van der Waals surface area (Å²) in [5.41, 5.74) is 2.00. The predicted molar refractivity (Wildman–Crippen MR) is 124 cm³/mol. The van der Waals surface area contributed by atoms with E-state index in [1.807, 2.05) is 35.2 Å². The molecule has 1 saturated carbocycles. The van der Waals surface area contributed by atoms with Crippen LogP contribution < -0.4 is 5.32 Å². The minimum atomic E-state index is -0.487. The molecule has 1 aliphatic heterocycles. The number of amides is 2. The molecule has 1 heterocycles. The number of carbonyl (C=O) groups is 3. The van der Waals surface area contributed by atoms with Gasteiger partial charge in [0, 0.05) is 23.7 Å². The van der Waals surface area contributed by atoms with E-state index in [0.29, 0.717) is 16.4 Å². The van der Waals surface area contributed by atoms with E-state index < -0.39 is 5.25 Å². The predicted octanol–water partition coefficient (Wildman–Crippen LogP) is 4.79. The lowest BCUT2D eigenvalue weighted by Crippen LogP contribution is -2.40. The number of nitrogens with zero attached hydrogens (tertiary/aromatic N) is 2. The molecule has 1 aliphatic carbocycles. The monoisotopic (exact) mass is 435 g/mol. The van der Waals surface area contributed by atoms with Gasteiger partial charge in [-0.15, -0.1) is 0 Å². The van der Waals surface area contributed by atoms with Gasteiger partial charge in [-0.1, -0.05) is 42.8 Å². The van der Waals surface area contributed by atoms with E-state index in [0.717, 1.165) is 31.4 Å². The van der Waals surface area contributed by atoms with E-state index in [-0.39, 0.29) is 30.1 Å². The maximum Gasteiger partial charge on any atom is 0.242 e. The molecule has 0 spiro atoms. The highest BCUT2D eigenvalue weighted by Crippen LogP contribution is 2.37. The van der Waals surface area contributed by atoms with Gasteiger partial charge in [0.15, 0.2) is 11.0 Å². The fourth-order valence-corrected chi connectivity index (χ4v) is 5.19. The summed E-state index contributed by atoms with van der Waals surface area (Å²) in [6, 6.07) is 16.5. The van der Waals surface area contributed by atoms with Crippen molar-refractivity contribution in [1.29, 1.82) is 0 Å². The Kier molecular flexibility index (Phi) is 6.51. The first-order valence-electron chi connectivity index (χ1n) is 10.6. The average molecular weight is 436 g/mol. The number of para-hydroxylation sites is 1. The summed E-state index contributed by atoms with van der Waals surface area (Å²) in [6.07, 6.45) is 4.25. The minimum Gasteiger partial charge on any atom is -0.326 e. The van der Waals surface area contributed by atoms with Crippen molar-refractivity contribution in [3.8, 4) is 0 Å². The van der Waals surface area contributed by atoms with Crippen molar-refractivity contribution in [1.82, 2.24) is 4.90 Å². The topological polar surface area (TPSA) is 78.8 Å². The zero-order valence-electron chi connectivity index (χ0n) is 17.4. The van der Waals surface area contributed by atoms with Crippen LogP contribution in [0.2, 0.25) is 0 Å². The van der Waals surface area contributed by atoms with Gasteiger partial charge in [0.05, 0.1) is 5.69 Å². The van der Waals surface area contributed by atoms with Crippen LogP contribution in [0.4, 0.5) is 11.4 Å². The molecule has 4 rings (SSSR count). The zero-order valence-corrected chi connectivity index (χ0v) is 18.2. The Hall–Kier alpha value is -2.93. The number of rotatable bonds is 6. The first-order chi connectivity index (χ1) is 15.0. The molecule has 2 aromatic carbocycles. The summed E-state index contributed by atoms with van der Waals surface area (Å²) in [5, 5.41) is 3.03.